The zero-order valence-corrected chi connectivity index (χ0v) is 16.6. The number of benzene rings is 1. The van der Waals surface area contributed by atoms with Crippen LogP contribution in [-0.4, -0.2) is 43.3 Å². The quantitative estimate of drug-likeness (QED) is 0.733. The third kappa shape index (κ3) is 5.77. The van der Waals surface area contributed by atoms with Gasteiger partial charge in [0, 0.05) is 32.4 Å². The Balaban J connectivity index is 2.00. The second-order valence-electron chi connectivity index (χ2n) is 6.61. The van der Waals surface area contributed by atoms with Gasteiger partial charge in [0.1, 0.15) is 6.54 Å². The summed E-state index contributed by atoms with van der Waals surface area (Å²) < 4.78 is 26.5. The summed E-state index contributed by atoms with van der Waals surface area (Å²) in [6.07, 6.45) is 2.80. The first-order valence-electron chi connectivity index (χ1n) is 8.66. The van der Waals surface area contributed by atoms with Crippen LogP contribution < -0.4 is 10.9 Å². The molecule has 2 aromatic rings. The lowest BCUT2D eigenvalue weighted by Crippen LogP contribution is -2.37. The number of hydrogen-bond donors (Lipinski definition) is 1. The highest BCUT2D eigenvalue weighted by molar-refractivity contribution is 7.89. The molecule has 8 heteroatoms. The minimum Gasteiger partial charge on any atom is -0.352 e. The minimum absolute atomic E-state index is 0.0305. The Hall–Kier alpha value is -2.45. The molecule has 0 saturated heterocycles. The van der Waals surface area contributed by atoms with Crippen molar-refractivity contribution in [3.8, 4) is 0 Å². The van der Waals surface area contributed by atoms with E-state index in [1.807, 2.05) is 37.3 Å². The van der Waals surface area contributed by atoms with Gasteiger partial charge in [0.15, 0.2) is 0 Å². The van der Waals surface area contributed by atoms with Crippen molar-refractivity contribution in [2.24, 2.45) is 0 Å². The van der Waals surface area contributed by atoms with Crippen LogP contribution in [0.25, 0.3) is 0 Å². The van der Waals surface area contributed by atoms with Crippen molar-refractivity contribution in [3.63, 3.8) is 0 Å². The van der Waals surface area contributed by atoms with Crippen LogP contribution in [0.15, 0.2) is 58.4 Å². The maximum atomic E-state index is 12.3. The molecule has 1 atom stereocenters. The number of pyridine rings is 1. The van der Waals surface area contributed by atoms with E-state index in [-0.39, 0.29) is 23.4 Å². The summed E-state index contributed by atoms with van der Waals surface area (Å²) in [6.45, 7) is 1.67. The molecule has 2 rings (SSSR count). The van der Waals surface area contributed by atoms with Crippen molar-refractivity contribution in [1.82, 2.24) is 14.2 Å². The molecule has 1 amide bonds. The minimum atomic E-state index is -3.67. The van der Waals surface area contributed by atoms with Crippen LogP contribution in [0.5, 0.6) is 0 Å². The Morgan fingerprint density at radius 3 is 2.44 bits per heavy atom. The summed E-state index contributed by atoms with van der Waals surface area (Å²) in [4.78, 5) is 24.2. The van der Waals surface area contributed by atoms with Gasteiger partial charge in [0.25, 0.3) is 5.56 Å². The second-order valence-corrected chi connectivity index (χ2v) is 8.76. The summed E-state index contributed by atoms with van der Waals surface area (Å²) in [5.74, 6) is -0.336. The number of aryl methyl sites for hydroxylation is 1. The Kier molecular flexibility index (Phi) is 6.92. The van der Waals surface area contributed by atoms with Crippen LogP contribution in [0.3, 0.4) is 0 Å². The largest absolute Gasteiger partial charge is 0.352 e. The van der Waals surface area contributed by atoms with Crippen molar-refractivity contribution in [2.45, 2.75) is 37.2 Å². The van der Waals surface area contributed by atoms with Gasteiger partial charge >= 0.3 is 0 Å². The van der Waals surface area contributed by atoms with E-state index < -0.39 is 15.6 Å². The number of sulfonamides is 1. The summed E-state index contributed by atoms with van der Waals surface area (Å²) >= 11 is 0. The standard InChI is InChI=1S/C19H25N3O4S/c1-15(9-10-16-7-5-4-6-8-16)20-18(23)14-22-13-17(11-12-19(22)24)27(25,26)21(2)3/h4-8,11-13,15H,9-10,14H2,1-3H3,(H,20,23)/t15-/m0/s1. The third-order valence-electron chi connectivity index (χ3n) is 4.17. The van der Waals surface area contributed by atoms with E-state index in [0.29, 0.717) is 0 Å². The summed E-state index contributed by atoms with van der Waals surface area (Å²) in [5.41, 5.74) is 0.760. The molecule has 0 fully saturated rings. The number of hydrogen-bond acceptors (Lipinski definition) is 4. The van der Waals surface area contributed by atoms with Crippen LogP contribution in [0.2, 0.25) is 0 Å². The van der Waals surface area contributed by atoms with Crippen LogP contribution in [0, 0.1) is 0 Å². The first-order valence-corrected chi connectivity index (χ1v) is 10.1. The number of amides is 1. The van der Waals surface area contributed by atoms with Crippen LogP contribution >= 0.6 is 0 Å². The molecule has 1 aromatic carbocycles. The highest BCUT2D eigenvalue weighted by Gasteiger charge is 2.19. The summed E-state index contributed by atoms with van der Waals surface area (Å²) in [5, 5.41) is 2.85. The molecule has 1 N–H and O–H groups in total. The van der Waals surface area contributed by atoms with E-state index in [0.717, 1.165) is 27.8 Å². The van der Waals surface area contributed by atoms with Crippen LogP contribution in [0.4, 0.5) is 0 Å². The van der Waals surface area contributed by atoms with Crippen LogP contribution in [-0.2, 0) is 27.8 Å². The lowest BCUT2D eigenvalue weighted by atomic mass is 10.1. The zero-order chi connectivity index (χ0) is 20.0. The number of nitrogens with zero attached hydrogens (tertiary/aromatic N) is 2. The van der Waals surface area contributed by atoms with E-state index in [2.05, 4.69) is 5.32 Å². The monoisotopic (exact) mass is 391 g/mol. The lowest BCUT2D eigenvalue weighted by Gasteiger charge is -2.16. The Labute approximate surface area is 159 Å². The van der Waals surface area contributed by atoms with Crippen molar-refractivity contribution in [3.05, 3.63) is 64.6 Å². The van der Waals surface area contributed by atoms with Gasteiger partial charge in [-0.1, -0.05) is 30.3 Å². The van der Waals surface area contributed by atoms with E-state index >= 15 is 0 Å². The van der Waals surface area contributed by atoms with Gasteiger partial charge in [-0.15, -0.1) is 0 Å². The molecule has 7 nitrogen and oxygen atoms in total. The molecule has 27 heavy (non-hydrogen) atoms. The number of carbonyl (C=O) groups is 1. The van der Waals surface area contributed by atoms with Crippen molar-refractivity contribution in [2.75, 3.05) is 14.1 Å². The Morgan fingerprint density at radius 1 is 1.15 bits per heavy atom. The first-order chi connectivity index (χ1) is 12.7. The van der Waals surface area contributed by atoms with E-state index in [4.69, 9.17) is 0 Å². The smallest absolute Gasteiger partial charge is 0.251 e. The molecule has 0 radical (unpaired) electrons. The first kappa shape index (κ1) is 20.9. The predicted molar refractivity (Wildman–Crippen MR) is 104 cm³/mol. The van der Waals surface area contributed by atoms with Crippen molar-refractivity contribution in [1.29, 1.82) is 0 Å². The van der Waals surface area contributed by atoms with E-state index in [1.54, 1.807) is 0 Å². The Morgan fingerprint density at radius 2 is 1.81 bits per heavy atom. The van der Waals surface area contributed by atoms with Gasteiger partial charge in [-0.2, -0.15) is 0 Å². The number of nitrogens with one attached hydrogen (secondary N) is 1. The van der Waals surface area contributed by atoms with Gasteiger partial charge in [0.2, 0.25) is 15.9 Å². The molecule has 0 spiro atoms. The topological polar surface area (TPSA) is 88.5 Å². The molecule has 0 bridgehead atoms. The molecule has 0 aliphatic heterocycles. The van der Waals surface area contributed by atoms with Gasteiger partial charge < -0.3 is 9.88 Å². The third-order valence-corrected chi connectivity index (χ3v) is 5.96. The van der Waals surface area contributed by atoms with Crippen molar-refractivity contribution < 1.29 is 13.2 Å². The lowest BCUT2D eigenvalue weighted by molar-refractivity contribution is -0.122. The Bertz CT molecular complexity index is 937. The predicted octanol–water partition coefficient (Wildman–Crippen LogP) is 1.24. The van der Waals surface area contributed by atoms with Gasteiger partial charge in [-0.05, 0) is 31.4 Å². The fraction of sp³-hybridized carbons (Fsp3) is 0.368. The molecular weight excluding hydrogens is 366 g/mol. The number of carbonyl (C=O) groups excluding carboxylic acids is 1. The molecule has 0 saturated carbocycles. The number of rotatable bonds is 8. The van der Waals surface area contributed by atoms with E-state index in [9.17, 15) is 18.0 Å². The fourth-order valence-corrected chi connectivity index (χ4v) is 3.49. The van der Waals surface area contributed by atoms with Gasteiger partial charge in [-0.25, -0.2) is 12.7 Å². The molecule has 0 aliphatic rings. The molecule has 146 valence electrons. The highest BCUT2D eigenvalue weighted by Crippen LogP contribution is 2.10. The number of aromatic nitrogens is 1. The fourth-order valence-electron chi connectivity index (χ4n) is 2.57. The van der Waals surface area contributed by atoms with Crippen molar-refractivity contribution >= 4 is 15.9 Å². The van der Waals surface area contributed by atoms with Gasteiger partial charge in [0.05, 0.1) is 4.90 Å². The second kappa shape index (κ2) is 8.96. The molecule has 1 heterocycles. The molecular formula is C19H25N3O4S. The molecule has 0 unspecified atom stereocenters. The van der Waals surface area contributed by atoms with E-state index in [1.165, 1.54) is 31.9 Å². The average Bonchev–Trinajstić information content (AvgIpc) is 2.62. The molecule has 0 aliphatic carbocycles. The maximum absolute atomic E-state index is 12.3. The SMILES string of the molecule is C[C@@H](CCc1ccccc1)NC(=O)Cn1cc(S(=O)(=O)N(C)C)ccc1=O. The highest BCUT2D eigenvalue weighted by atomic mass is 32.2. The normalized spacial score (nSPS) is 12.7. The summed E-state index contributed by atoms with van der Waals surface area (Å²) in [6, 6.07) is 12.3. The summed E-state index contributed by atoms with van der Waals surface area (Å²) in [7, 11) is -0.855. The average molecular weight is 391 g/mol. The van der Waals surface area contributed by atoms with Gasteiger partial charge in [-0.3, -0.25) is 9.59 Å². The molecule has 1 aromatic heterocycles. The zero-order valence-electron chi connectivity index (χ0n) is 15.8. The maximum Gasteiger partial charge on any atom is 0.251 e. The van der Waals surface area contributed by atoms with Crippen LogP contribution in [0.1, 0.15) is 18.9 Å².